The van der Waals surface area contributed by atoms with Gasteiger partial charge >= 0.3 is 0 Å². The Morgan fingerprint density at radius 1 is 1.19 bits per heavy atom. The summed E-state index contributed by atoms with van der Waals surface area (Å²) < 4.78 is 5.43. The van der Waals surface area contributed by atoms with Gasteiger partial charge in [-0.15, -0.1) is 0 Å². The zero-order valence-corrected chi connectivity index (χ0v) is 19.2. The first-order valence-corrected chi connectivity index (χ1v) is 10.8. The van der Waals surface area contributed by atoms with Gasteiger partial charge in [0.15, 0.2) is 5.78 Å². The second-order valence-corrected chi connectivity index (χ2v) is 9.38. The maximum absolute atomic E-state index is 13.5. The van der Waals surface area contributed by atoms with Crippen molar-refractivity contribution in [3.05, 3.63) is 76.3 Å². The Kier molecular flexibility index (Phi) is 5.63. The van der Waals surface area contributed by atoms with Gasteiger partial charge in [0.25, 0.3) is 5.91 Å². The summed E-state index contributed by atoms with van der Waals surface area (Å²) in [6, 6.07) is 11.3. The van der Waals surface area contributed by atoms with E-state index in [4.69, 9.17) is 4.74 Å². The number of carbonyl (C=O) groups is 2. The number of ether oxygens (including phenoxy) is 1. The van der Waals surface area contributed by atoms with Gasteiger partial charge in [-0.25, -0.2) is 4.98 Å². The highest BCUT2D eigenvalue weighted by atomic mass is 16.5. The molecule has 1 aromatic heterocycles. The number of nitrogens with one attached hydrogen (secondary N) is 2. The summed E-state index contributed by atoms with van der Waals surface area (Å²) in [6.07, 6.45) is 2.91. The van der Waals surface area contributed by atoms with Crippen LogP contribution in [0.1, 0.15) is 50.7 Å². The molecular weight excluding hydrogens is 402 g/mol. The molecule has 1 aliphatic carbocycles. The van der Waals surface area contributed by atoms with Crippen LogP contribution < -0.4 is 15.4 Å². The number of allylic oxidation sites excluding steroid dienone is 3. The Balaban J connectivity index is 1.81. The number of aromatic nitrogens is 1. The van der Waals surface area contributed by atoms with Crippen molar-refractivity contribution in [1.82, 2.24) is 10.3 Å². The van der Waals surface area contributed by atoms with Gasteiger partial charge in [-0.2, -0.15) is 0 Å². The van der Waals surface area contributed by atoms with Crippen LogP contribution in [-0.2, 0) is 9.59 Å². The van der Waals surface area contributed by atoms with E-state index in [1.165, 1.54) is 0 Å². The van der Waals surface area contributed by atoms with Gasteiger partial charge in [0.1, 0.15) is 11.6 Å². The largest absolute Gasteiger partial charge is 0.497 e. The molecule has 0 unspecified atom stereocenters. The third-order valence-electron chi connectivity index (χ3n) is 6.06. The number of benzene rings is 1. The first-order valence-electron chi connectivity index (χ1n) is 10.8. The second kappa shape index (κ2) is 8.26. The average molecular weight is 432 g/mol. The quantitative estimate of drug-likeness (QED) is 0.737. The average Bonchev–Trinajstić information content (AvgIpc) is 2.73. The van der Waals surface area contributed by atoms with Crippen LogP contribution in [0.2, 0.25) is 0 Å². The third-order valence-corrected chi connectivity index (χ3v) is 6.06. The minimum Gasteiger partial charge on any atom is -0.497 e. The van der Waals surface area contributed by atoms with Crippen LogP contribution in [0.5, 0.6) is 5.75 Å². The van der Waals surface area contributed by atoms with Crippen molar-refractivity contribution in [2.45, 2.75) is 46.5 Å². The number of hydrogen-bond acceptors (Lipinski definition) is 5. The van der Waals surface area contributed by atoms with E-state index in [-0.39, 0.29) is 17.1 Å². The van der Waals surface area contributed by atoms with Gasteiger partial charge < -0.3 is 15.4 Å². The summed E-state index contributed by atoms with van der Waals surface area (Å²) in [6.45, 7) is 8.03. The van der Waals surface area contributed by atoms with Crippen molar-refractivity contribution in [3.8, 4) is 5.75 Å². The van der Waals surface area contributed by atoms with Gasteiger partial charge in [-0.05, 0) is 55.0 Å². The minimum atomic E-state index is -0.476. The van der Waals surface area contributed by atoms with Crippen molar-refractivity contribution in [3.63, 3.8) is 0 Å². The molecule has 2 aliphatic rings. The van der Waals surface area contributed by atoms with Crippen LogP contribution in [-0.4, -0.2) is 23.8 Å². The van der Waals surface area contributed by atoms with Gasteiger partial charge in [-0.1, -0.05) is 32.0 Å². The van der Waals surface area contributed by atoms with Crippen LogP contribution in [0, 0.1) is 12.3 Å². The van der Waals surface area contributed by atoms with Crippen LogP contribution in [0.25, 0.3) is 0 Å². The topological polar surface area (TPSA) is 80.3 Å². The Bertz CT molecular complexity index is 1140. The van der Waals surface area contributed by atoms with E-state index >= 15 is 0 Å². The number of carbonyl (C=O) groups excluding carboxylic acids is 2. The normalized spacial score (nSPS) is 19.9. The number of pyridine rings is 1. The molecule has 0 saturated carbocycles. The number of nitrogens with zero attached hydrogens (tertiary/aromatic N) is 1. The fourth-order valence-electron chi connectivity index (χ4n) is 4.62. The highest BCUT2D eigenvalue weighted by Gasteiger charge is 2.42. The van der Waals surface area contributed by atoms with Crippen molar-refractivity contribution in [2.24, 2.45) is 5.41 Å². The summed E-state index contributed by atoms with van der Waals surface area (Å²) in [5.41, 5.74) is 4.57. The molecule has 32 heavy (non-hydrogen) atoms. The van der Waals surface area contributed by atoms with Gasteiger partial charge in [0.2, 0.25) is 0 Å². The third kappa shape index (κ3) is 4.17. The molecule has 0 saturated heterocycles. The summed E-state index contributed by atoms with van der Waals surface area (Å²) in [7, 11) is 1.61. The van der Waals surface area contributed by atoms with Crippen LogP contribution >= 0.6 is 0 Å². The van der Waals surface area contributed by atoms with E-state index in [0.29, 0.717) is 29.1 Å². The molecule has 166 valence electrons. The Morgan fingerprint density at radius 3 is 2.66 bits per heavy atom. The number of methoxy groups -OCH3 is 1. The Labute approximate surface area is 188 Å². The molecule has 2 heterocycles. The summed E-state index contributed by atoms with van der Waals surface area (Å²) in [5.74, 6) is 0.479. The second-order valence-electron chi connectivity index (χ2n) is 9.38. The van der Waals surface area contributed by atoms with Crippen molar-refractivity contribution in [1.29, 1.82) is 0 Å². The first kappa shape index (κ1) is 21.8. The van der Waals surface area contributed by atoms with Crippen LogP contribution in [0.3, 0.4) is 0 Å². The molecule has 1 amide bonds. The summed E-state index contributed by atoms with van der Waals surface area (Å²) >= 11 is 0. The molecule has 2 N–H and O–H groups in total. The van der Waals surface area contributed by atoms with E-state index in [1.54, 1.807) is 19.4 Å². The highest BCUT2D eigenvalue weighted by molar-refractivity contribution is 6.09. The van der Waals surface area contributed by atoms with Crippen molar-refractivity contribution >= 4 is 17.5 Å². The number of amides is 1. The van der Waals surface area contributed by atoms with Gasteiger partial charge in [0, 0.05) is 41.1 Å². The first-order chi connectivity index (χ1) is 15.2. The fraction of sp³-hybridized carbons (Fsp3) is 0.346. The zero-order valence-electron chi connectivity index (χ0n) is 19.2. The molecule has 6 nitrogen and oxygen atoms in total. The number of Topliss-reactive ketones (excluding diaryl/α,β-unsaturated/α-hetero) is 1. The molecule has 1 atom stereocenters. The molecule has 0 fully saturated rings. The molecule has 1 aliphatic heterocycles. The van der Waals surface area contributed by atoms with Crippen molar-refractivity contribution < 1.29 is 14.3 Å². The van der Waals surface area contributed by atoms with Crippen molar-refractivity contribution in [2.75, 3.05) is 12.4 Å². The predicted octanol–water partition coefficient (Wildman–Crippen LogP) is 4.64. The van der Waals surface area contributed by atoms with E-state index in [9.17, 15) is 9.59 Å². The highest BCUT2D eigenvalue weighted by Crippen LogP contribution is 2.47. The van der Waals surface area contributed by atoms with Crippen LogP contribution in [0.4, 0.5) is 5.82 Å². The Morgan fingerprint density at radius 2 is 1.97 bits per heavy atom. The van der Waals surface area contributed by atoms with Gasteiger partial charge in [0.05, 0.1) is 7.11 Å². The van der Waals surface area contributed by atoms with E-state index in [1.807, 2.05) is 44.2 Å². The fourth-order valence-corrected chi connectivity index (χ4v) is 4.62. The molecule has 0 radical (unpaired) electrons. The van der Waals surface area contributed by atoms with E-state index < -0.39 is 5.92 Å². The van der Waals surface area contributed by atoms with E-state index in [2.05, 4.69) is 29.5 Å². The maximum atomic E-state index is 13.5. The Hall–Kier alpha value is -3.41. The monoisotopic (exact) mass is 431 g/mol. The predicted molar refractivity (Wildman–Crippen MR) is 124 cm³/mol. The van der Waals surface area contributed by atoms with E-state index in [0.717, 1.165) is 28.9 Å². The molecule has 4 rings (SSSR count). The standard InChI is InChI=1S/C26H29N3O3/c1-15-9-10-21(27-14-15)29-25(31)22-16(2)28-19-12-26(3,4)13-20(30)24(19)23(22)17-7-6-8-18(11-17)32-5/h6-11,14,23,28H,12-13H2,1-5H3,(H,27,29,31)/t23-/m0/s1. The lowest BCUT2D eigenvalue weighted by Crippen LogP contribution is -2.39. The molecule has 0 spiro atoms. The molecule has 6 heteroatoms. The molecular formula is C26H29N3O3. The number of ketones is 1. The number of rotatable bonds is 4. The van der Waals surface area contributed by atoms with Crippen LogP contribution in [0.15, 0.2) is 65.1 Å². The smallest absolute Gasteiger partial charge is 0.255 e. The zero-order chi connectivity index (χ0) is 23.0. The molecule has 0 bridgehead atoms. The summed E-state index contributed by atoms with van der Waals surface area (Å²) in [5, 5.41) is 6.30. The number of anilines is 1. The maximum Gasteiger partial charge on any atom is 0.255 e. The lowest BCUT2D eigenvalue weighted by Gasteiger charge is -2.39. The summed E-state index contributed by atoms with van der Waals surface area (Å²) in [4.78, 5) is 31.2. The van der Waals surface area contributed by atoms with Gasteiger partial charge in [-0.3, -0.25) is 9.59 Å². The molecule has 1 aromatic carbocycles. The lowest BCUT2D eigenvalue weighted by molar-refractivity contribution is -0.118. The minimum absolute atomic E-state index is 0.0721. The number of dihydropyridines is 1. The number of aryl methyl sites for hydroxylation is 1. The SMILES string of the molecule is COc1cccc([C@H]2C(C(=O)Nc3ccc(C)cn3)=C(C)NC3=C2C(=O)CC(C)(C)C3)c1. The lowest BCUT2D eigenvalue weighted by atomic mass is 9.68. The molecule has 2 aromatic rings. The number of hydrogen-bond donors (Lipinski definition) is 2.